The van der Waals surface area contributed by atoms with Crippen LogP contribution in [0.4, 0.5) is 5.69 Å². The summed E-state index contributed by atoms with van der Waals surface area (Å²) in [6.45, 7) is 0.288. The predicted molar refractivity (Wildman–Crippen MR) is 128 cm³/mol. The molecule has 5 rings (SSSR count). The summed E-state index contributed by atoms with van der Waals surface area (Å²) in [6.07, 6.45) is 1.43. The smallest absolute Gasteiger partial charge is 0.280 e. The molecule has 0 unspecified atom stereocenters. The average molecular weight is 493 g/mol. The number of nitriles is 1. The highest BCUT2D eigenvalue weighted by molar-refractivity contribution is 6.35. The summed E-state index contributed by atoms with van der Waals surface area (Å²) < 4.78 is 12.5. The highest BCUT2D eigenvalue weighted by atomic mass is 35.5. The molecule has 168 valence electrons. The first-order valence-electron chi connectivity index (χ1n) is 10.0. The lowest BCUT2D eigenvalue weighted by Gasteiger charge is -2.11. The Bertz CT molecular complexity index is 1540. The van der Waals surface area contributed by atoms with E-state index in [0.717, 1.165) is 11.1 Å². The summed E-state index contributed by atoms with van der Waals surface area (Å²) in [4.78, 5) is 15.8. The van der Waals surface area contributed by atoms with Crippen LogP contribution < -0.4 is 9.47 Å². The Hall–Kier alpha value is -4.06. The largest absolute Gasteiger partial charge is 0.454 e. The molecule has 0 saturated heterocycles. The predicted octanol–water partition coefficient (Wildman–Crippen LogP) is 6.09. The van der Waals surface area contributed by atoms with Crippen LogP contribution in [0.2, 0.25) is 10.0 Å². The van der Waals surface area contributed by atoms with Crippen molar-refractivity contribution in [2.75, 3.05) is 6.79 Å². The third-order valence-corrected chi connectivity index (χ3v) is 5.96. The van der Waals surface area contributed by atoms with Crippen LogP contribution in [0.25, 0.3) is 22.7 Å². The first-order valence-corrected chi connectivity index (χ1v) is 10.8. The van der Waals surface area contributed by atoms with Gasteiger partial charge in [0, 0.05) is 10.0 Å². The van der Waals surface area contributed by atoms with Gasteiger partial charge in [-0.2, -0.15) is 5.26 Å². The zero-order valence-electron chi connectivity index (χ0n) is 17.4. The minimum absolute atomic E-state index is 0.0254. The second kappa shape index (κ2) is 8.71. The maximum atomic E-state index is 11.7. The molecule has 0 aliphatic carbocycles. The van der Waals surface area contributed by atoms with Gasteiger partial charge < -0.3 is 14.0 Å². The molecule has 10 heteroatoms. The number of halogens is 2. The van der Waals surface area contributed by atoms with Crippen LogP contribution >= 0.6 is 23.2 Å². The number of fused-ring (bicyclic) bond motifs is 2. The van der Waals surface area contributed by atoms with E-state index in [1.54, 1.807) is 12.1 Å². The van der Waals surface area contributed by atoms with Crippen molar-refractivity contribution in [3.05, 3.63) is 91.7 Å². The molecule has 1 aromatic heterocycles. The molecule has 0 saturated carbocycles. The number of nitro groups is 1. The van der Waals surface area contributed by atoms with E-state index in [0.29, 0.717) is 33.7 Å². The molecule has 3 aromatic carbocycles. The van der Waals surface area contributed by atoms with Crippen molar-refractivity contribution in [2.45, 2.75) is 6.54 Å². The van der Waals surface area contributed by atoms with Crippen LogP contribution in [0.3, 0.4) is 0 Å². The van der Waals surface area contributed by atoms with E-state index in [4.69, 9.17) is 32.7 Å². The van der Waals surface area contributed by atoms with Gasteiger partial charge >= 0.3 is 0 Å². The third-order valence-electron chi connectivity index (χ3n) is 5.38. The highest BCUT2D eigenvalue weighted by Gasteiger charge is 2.24. The molecule has 1 aliphatic rings. The standard InChI is InChI=1S/C24H14Cl2N4O4/c25-17-6-5-14(18(26)9-17)12-29-20-4-2-1-3-19(20)28-24(29)16(11-27)7-15-8-22-23(34-13-33-22)10-21(15)30(31)32/h1-10H,12-13H2/b16-7+. The molecule has 2 heterocycles. The van der Waals surface area contributed by atoms with E-state index in [2.05, 4.69) is 11.1 Å². The van der Waals surface area contributed by atoms with Gasteiger partial charge in [0.25, 0.3) is 5.69 Å². The van der Waals surface area contributed by atoms with Crippen LogP contribution in [0.1, 0.15) is 17.0 Å². The minimum atomic E-state index is -0.529. The molecule has 0 radical (unpaired) electrons. The van der Waals surface area contributed by atoms with E-state index in [-0.39, 0.29) is 29.4 Å². The third kappa shape index (κ3) is 3.92. The number of allylic oxidation sites excluding steroid dienone is 1. The lowest BCUT2D eigenvalue weighted by Crippen LogP contribution is -2.05. The van der Waals surface area contributed by atoms with Crippen molar-refractivity contribution in [3.63, 3.8) is 0 Å². The number of hydrogen-bond donors (Lipinski definition) is 0. The normalized spacial score (nSPS) is 12.7. The molecule has 4 aromatic rings. The summed E-state index contributed by atoms with van der Waals surface area (Å²) in [5.74, 6) is 1.00. The first-order chi connectivity index (χ1) is 16.4. The number of ether oxygens (including phenoxy) is 2. The molecular formula is C24H14Cl2N4O4. The number of nitro benzene ring substituents is 1. The monoisotopic (exact) mass is 492 g/mol. The summed E-state index contributed by atoms with van der Waals surface area (Å²) in [7, 11) is 0. The number of rotatable bonds is 5. The Morgan fingerprint density at radius 2 is 1.94 bits per heavy atom. The zero-order valence-corrected chi connectivity index (χ0v) is 18.9. The number of para-hydroxylation sites is 2. The van der Waals surface area contributed by atoms with Crippen LogP contribution in [-0.2, 0) is 6.54 Å². The fraction of sp³-hybridized carbons (Fsp3) is 0.0833. The van der Waals surface area contributed by atoms with E-state index in [9.17, 15) is 15.4 Å². The van der Waals surface area contributed by atoms with Gasteiger partial charge in [-0.1, -0.05) is 41.4 Å². The lowest BCUT2D eigenvalue weighted by atomic mass is 10.1. The topological polar surface area (TPSA) is 103 Å². The summed E-state index contributed by atoms with van der Waals surface area (Å²) >= 11 is 12.4. The summed E-state index contributed by atoms with van der Waals surface area (Å²) in [5.41, 5.74) is 2.37. The van der Waals surface area contributed by atoms with Crippen LogP contribution in [-0.4, -0.2) is 21.3 Å². The van der Waals surface area contributed by atoms with Gasteiger partial charge in [0.2, 0.25) is 6.79 Å². The second-order valence-electron chi connectivity index (χ2n) is 7.44. The van der Waals surface area contributed by atoms with Gasteiger partial charge in [-0.05, 0) is 42.0 Å². The van der Waals surface area contributed by atoms with E-state index in [1.807, 2.05) is 34.9 Å². The van der Waals surface area contributed by atoms with Crippen LogP contribution in [0, 0.1) is 21.4 Å². The van der Waals surface area contributed by atoms with Gasteiger partial charge in [0.05, 0.1) is 39.7 Å². The molecule has 0 fully saturated rings. The maximum absolute atomic E-state index is 11.7. The Kier molecular flexibility index (Phi) is 5.57. The zero-order chi connectivity index (χ0) is 23.8. The molecule has 0 N–H and O–H groups in total. The van der Waals surface area contributed by atoms with Crippen molar-refractivity contribution in [1.29, 1.82) is 5.26 Å². The number of aromatic nitrogens is 2. The van der Waals surface area contributed by atoms with Gasteiger partial charge in [0.15, 0.2) is 17.3 Å². The fourth-order valence-electron chi connectivity index (χ4n) is 3.78. The number of benzene rings is 3. The quantitative estimate of drug-likeness (QED) is 0.189. The van der Waals surface area contributed by atoms with Gasteiger partial charge in [0.1, 0.15) is 6.07 Å². The van der Waals surface area contributed by atoms with E-state index in [1.165, 1.54) is 18.2 Å². The molecule has 1 aliphatic heterocycles. The van der Waals surface area contributed by atoms with Crippen molar-refractivity contribution in [2.24, 2.45) is 0 Å². The highest BCUT2D eigenvalue weighted by Crippen LogP contribution is 2.39. The van der Waals surface area contributed by atoms with Crippen molar-refractivity contribution < 1.29 is 14.4 Å². The van der Waals surface area contributed by atoms with Crippen LogP contribution in [0.5, 0.6) is 11.5 Å². The second-order valence-corrected chi connectivity index (χ2v) is 8.28. The SMILES string of the molecule is N#C/C(=C\c1cc2c(cc1[N+](=O)[O-])OCO2)c1nc2ccccc2n1Cc1ccc(Cl)cc1Cl. The summed E-state index contributed by atoms with van der Waals surface area (Å²) in [5, 5.41) is 22.7. The fourth-order valence-corrected chi connectivity index (χ4v) is 4.25. The van der Waals surface area contributed by atoms with Gasteiger partial charge in [-0.15, -0.1) is 0 Å². The molecular weight excluding hydrogens is 479 g/mol. The van der Waals surface area contributed by atoms with E-state index < -0.39 is 4.92 Å². The maximum Gasteiger partial charge on any atom is 0.280 e. The van der Waals surface area contributed by atoms with Gasteiger partial charge in [-0.3, -0.25) is 10.1 Å². The van der Waals surface area contributed by atoms with Crippen molar-refractivity contribution in [1.82, 2.24) is 9.55 Å². The Morgan fingerprint density at radius 3 is 2.68 bits per heavy atom. The average Bonchev–Trinajstić information content (AvgIpc) is 3.42. The molecule has 0 bridgehead atoms. The number of nitrogens with zero attached hydrogens (tertiary/aromatic N) is 4. The Labute approximate surface area is 203 Å². The molecule has 0 atom stereocenters. The first kappa shape index (κ1) is 21.8. The molecule has 8 nitrogen and oxygen atoms in total. The molecule has 34 heavy (non-hydrogen) atoms. The van der Waals surface area contributed by atoms with Crippen LogP contribution in [0.15, 0.2) is 54.6 Å². The Balaban J connectivity index is 1.68. The molecule has 0 amide bonds. The number of imidazole rings is 1. The molecule has 0 spiro atoms. The summed E-state index contributed by atoms with van der Waals surface area (Å²) in [6, 6.07) is 17.5. The van der Waals surface area contributed by atoms with Crippen molar-refractivity contribution in [3.8, 4) is 17.6 Å². The lowest BCUT2D eigenvalue weighted by molar-refractivity contribution is -0.385. The Morgan fingerprint density at radius 1 is 1.18 bits per heavy atom. The van der Waals surface area contributed by atoms with Crippen molar-refractivity contribution >= 4 is 51.6 Å². The number of hydrogen-bond acceptors (Lipinski definition) is 6. The minimum Gasteiger partial charge on any atom is -0.454 e. The van der Waals surface area contributed by atoms with Gasteiger partial charge in [-0.25, -0.2) is 4.98 Å². The van der Waals surface area contributed by atoms with E-state index >= 15 is 0 Å².